The molecule has 7 nitrogen and oxygen atoms in total. The van der Waals surface area contributed by atoms with E-state index in [-0.39, 0.29) is 5.97 Å². The van der Waals surface area contributed by atoms with Crippen LogP contribution in [0.25, 0.3) is 10.9 Å². The van der Waals surface area contributed by atoms with Crippen molar-refractivity contribution in [3.05, 3.63) is 35.5 Å². The smallest absolute Gasteiger partial charge is 0.341 e. The molecule has 26 heavy (non-hydrogen) atoms. The van der Waals surface area contributed by atoms with Crippen molar-refractivity contribution >= 4 is 28.5 Å². The number of pyridine rings is 1. The van der Waals surface area contributed by atoms with Gasteiger partial charge in [0.1, 0.15) is 5.56 Å². The molecule has 0 aliphatic carbocycles. The molecular formula is C19H23N3O4. The van der Waals surface area contributed by atoms with Crippen LogP contribution in [-0.2, 0) is 9.47 Å². The molecule has 1 N–H and O–H groups in total. The number of esters is 2. The molecule has 0 saturated carbocycles. The van der Waals surface area contributed by atoms with Crippen molar-refractivity contribution in [2.45, 2.75) is 13.8 Å². The summed E-state index contributed by atoms with van der Waals surface area (Å²) in [5.41, 5.74) is 2.35. The topological polar surface area (TPSA) is 80.8 Å². The highest BCUT2D eigenvalue weighted by atomic mass is 16.5. The fourth-order valence-electron chi connectivity index (χ4n) is 3.11. The first-order valence-corrected chi connectivity index (χ1v) is 8.88. The predicted molar refractivity (Wildman–Crippen MR) is 98.7 cm³/mol. The largest absolute Gasteiger partial charge is 0.462 e. The lowest BCUT2D eigenvalue weighted by Gasteiger charge is -2.31. The summed E-state index contributed by atoms with van der Waals surface area (Å²) in [6, 6.07) is 5.22. The fraction of sp³-hybridized carbons (Fsp3) is 0.421. The fourth-order valence-corrected chi connectivity index (χ4v) is 3.11. The van der Waals surface area contributed by atoms with Crippen LogP contribution in [0, 0.1) is 0 Å². The molecule has 2 aromatic rings. The summed E-state index contributed by atoms with van der Waals surface area (Å²) >= 11 is 0. The van der Waals surface area contributed by atoms with Gasteiger partial charge in [-0.3, -0.25) is 4.98 Å². The lowest BCUT2D eigenvalue weighted by molar-refractivity contribution is 0.0517. The lowest BCUT2D eigenvalue weighted by Crippen LogP contribution is -2.44. The van der Waals surface area contributed by atoms with Crippen LogP contribution in [-0.4, -0.2) is 56.3 Å². The molecule has 1 aliphatic rings. The van der Waals surface area contributed by atoms with Crippen molar-refractivity contribution in [1.82, 2.24) is 10.3 Å². The number of hydrogen-bond donors (Lipinski definition) is 1. The number of nitrogens with one attached hydrogen (secondary N) is 1. The van der Waals surface area contributed by atoms with E-state index in [0.29, 0.717) is 24.3 Å². The SMILES string of the molecule is CCOC(=O)c1ccc2ncc(C(=O)OCC)c(N3CCNCC3)c2c1. The number of anilines is 1. The Balaban J connectivity index is 2.16. The van der Waals surface area contributed by atoms with E-state index in [1.807, 2.05) is 0 Å². The number of ether oxygens (including phenoxy) is 2. The Morgan fingerprint density at radius 1 is 1.12 bits per heavy atom. The van der Waals surface area contributed by atoms with Crippen molar-refractivity contribution < 1.29 is 19.1 Å². The van der Waals surface area contributed by atoms with E-state index in [1.165, 1.54) is 0 Å². The molecule has 3 rings (SSSR count). The first-order valence-electron chi connectivity index (χ1n) is 8.88. The first kappa shape index (κ1) is 18.1. The summed E-state index contributed by atoms with van der Waals surface area (Å²) in [6.45, 7) is 7.31. The van der Waals surface area contributed by atoms with Gasteiger partial charge in [0.15, 0.2) is 0 Å². The van der Waals surface area contributed by atoms with E-state index in [1.54, 1.807) is 38.2 Å². The Morgan fingerprint density at radius 2 is 1.81 bits per heavy atom. The summed E-state index contributed by atoms with van der Waals surface area (Å²) in [5.74, 6) is -0.792. The highest BCUT2D eigenvalue weighted by Crippen LogP contribution is 2.31. The maximum Gasteiger partial charge on any atom is 0.341 e. The number of carbonyl (C=O) groups is 2. The lowest BCUT2D eigenvalue weighted by atomic mass is 10.0. The summed E-state index contributed by atoms with van der Waals surface area (Å²) in [7, 11) is 0. The Hall–Kier alpha value is -2.67. The van der Waals surface area contributed by atoms with Gasteiger partial charge in [-0.25, -0.2) is 9.59 Å². The van der Waals surface area contributed by atoms with E-state index < -0.39 is 5.97 Å². The predicted octanol–water partition coefficient (Wildman–Crippen LogP) is 2.00. The summed E-state index contributed by atoms with van der Waals surface area (Å²) < 4.78 is 10.3. The van der Waals surface area contributed by atoms with Gasteiger partial charge < -0.3 is 19.7 Å². The molecule has 0 atom stereocenters. The van der Waals surface area contributed by atoms with Gasteiger partial charge in [0.25, 0.3) is 0 Å². The first-order chi connectivity index (χ1) is 12.7. The Bertz CT molecular complexity index is 811. The second-order valence-corrected chi connectivity index (χ2v) is 5.93. The number of carbonyl (C=O) groups excluding carboxylic acids is 2. The summed E-state index contributed by atoms with van der Waals surface area (Å²) in [6.07, 6.45) is 1.56. The van der Waals surface area contributed by atoms with Gasteiger partial charge >= 0.3 is 11.9 Å². The minimum absolute atomic E-state index is 0.292. The number of aromatic nitrogens is 1. The third kappa shape index (κ3) is 3.62. The third-order valence-electron chi connectivity index (χ3n) is 4.28. The van der Waals surface area contributed by atoms with Gasteiger partial charge in [-0.2, -0.15) is 0 Å². The standard InChI is InChI=1S/C19H23N3O4/c1-3-25-18(23)13-5-6-16-14(11-13)17(22-9-7-20-8-10-22)15(12-21-16)19(24)26-4-2/h5-6,11-12,20H,3-4,7-10H2,1-2H3. The van der Waals surface area contributed by atoms with Crippen molar-refractivity contribution in [3.63, 3.8) is 0 Å². The summed E-state index contributed by atoms with van der Waals surface area (Å²) in [4.78, 5) is 31.1. The number of benzene rings is 1. The minimum atomic E-state index is -0.406. The Labute approximate surface area is 152 Å². The molecule has 2 heterocycles. The van der Waals surface area contributed by atoms with Crippen molar-refractivity contribution in [2.24, 2.45) is 0 Å². The maximum absolute atomic E-state index is 12.5. The minimum Gasteiger partial charge on any atom is -0.462 e. The van der Waals surface area contributed by atoms with Crippen LogP contribution in [0.5, 0.6) is 0 Å². The quantitative estimate of drug-likeness (QED) is 0.820. The van der Waals surface area contributed by atoms with Crippen LogP contribution < -0.4 is 10.2 Å². The molecule has 1 aromatic heterocycles. The highest BCUT2D eigenvalue weighted by Gasteiger charge is 2.23. The van der Waals surface area contributed by atoms with Gasteiger partial charge in [0.05, 0.1) is 30.0 Å². The zero-order chi connectivity index (χ0) is 18.5. The maximum atomic E-state index is 12.5. The van der Waals surface area contributed by atoms with E-state index in [4.69, 9.17) is 9.47 Å². The molecule has 0 amide bonds. The van der Waals surface area contributed by atoms with Gasteiger partial charge in [0.2, 0.25) is 0 Å². The third-order valence-corrected chi connectivity index (χ3v) is 4.28. The van der Waals surface area contributed by atoms with Gasteiger partial charge in [-0.1, -0.05) is 0 Å². The average molecular weight is 357 g/mol. The van der Waals surface area contributed by atoms with Crippen molar-refractivity contribution in [1.29, 1.82) is 0 Å². The number of piperazine rings is 1. The second kappa shape index (κ2) is 8.14. The van der Waals surface area contributed by atoms with Gasteiger partial charge in [0, 0.05) is 37.8 Å². The molecule has 0 spiro atoms. The monoisotopic (exact) mass is 357 g/mol. The number of nitrogens with zero attached hydrogens (tertiary/aromatic N) is 2. The second-order valence-electron chi connectivity index (χ2n) is 5.93. The number of fused-ring (bicyclic) bond motifs is 1. The Morgan fingerprint density at radius 3 is 2.50 bits per heavy atom. The van der Waals surface area contributed by atoms with Crippen molar-refractivity contribution in [2.75, 3.05) is 44.3 Å². The van der Waals surface area contributed by atoms with Crippen LogP contribution in [0.2, 0.25) is 0 Å². The average Bonchev–Trinajstić information content (AvgIpc) is 2.67. The van der Waals surface area contributed by atoms with Gasteiger partial charge in [-0.15, -0.1) is 0 Å². The normalized spacial score (nSPS) is 14.3. The highest BCUT2D eigenvalue weighted by molar-refractivity contribution is 6.07. The number of rotatable bonds is 5. The molecule has 7 heteroatoms. The summed E-state index contributed by atoms with van der Waals surface area (Å²) in [5, 5.41) is 4.06. The molecule has 1 aliphatic heterocycles. The van der Waals surface area contributed by atoms with Crippen LogP contribution in [0.3, 0.4) is 0 Å². The zero-order valence-corrected chi connectivity index (χ0v) is 15.1. The molecule has 138 valence electrons. The van der Waals surface area contributed by atoms with Crippen LogP contribution in [0.15, 0.2) is 24.4 Å². The molecular weight excluding hydrogens is 334 g/mol. The molecule has 1 aromatic carbocycles. The van der Waals surface area contributed by atoms with Crippen LogP contribution in [0.4, 0.5) is 5.69 Å². The van der Waals surface area contributed by atoms with Crippen LogP contribution >= 0.6 is 0 Å². The van der Waals surface area contributed by atoms with E-state index >= 15 is 0 Å². The van der Waals surface area contributed by atoms with E-state index in [0.717, 1.165) is 42.8 Å². The van der Waals surface area contributed by atoms with Crippen LogP contribution in [0.1, 0.15) is 34.6 Å². The molecule has 0 bridgehead atoms. The zero-order valence-electron chi connectivity index (χ0n) is 15.1. The molecule has 0 unspecified atom stereocenters. The molecule has 1 saturated heterocycles. The molecule has 0 radical (unpaired) electrons. The van der Waals surface area contributed by atoms with Crippen molar-refractivity contribution in [3.8, 4) is 0 Å². The number of hydrogen-bond acceptors (Lipinski definition) is 7. The Kier molecular flexibility index (Phi) is 5.68. The molecule has 1 fully saturated rings. The van der Waals surface area contributed by atoms with Gasteiger partial charge in [-0.05, 0) is 32.0 Å². The van der Waals surface area contributed by atoms with E-state index in [2.05, 4.69) is 15.2 Å². The van der Waals surface area contributed by atoms with E-state index in [9.17, 15) is 9.59 Å².